The number of thiophene rings is 1. The molecule has 3 rings (SSSR count). The van der Waals surface area contributed by atoms with Crippen LogP contribution in [0.5, 0.6) is 0 Å². The molecule has 0 aliphatic rings. The lowest BCUT2D eigenvalue weighted by Crippen LogP contribution is -2.26. The summed E-state index contributed by atoms with van der Waals surface area (Å²) in [6.45, 7) is 5.03. The maximum atomic E-state index is 12.2. The van der Waals surface area contributed by atoms with Gasteiger partial charge in [-0.1, -0.05) is 17.7 Å². The highest BCUT2D eigenvalue weighted by Crippen LogP contribution is 2.30. The molecule has 0 spiro atoms. The SMILES string of the molecule is COCCNC(=O)c1cc2c(C)nn(-c3ccc(C)cc3)c2s1. The van der Waals surface area contributed by atoms with E-state index in [2.05, 4.69) is 29.5 Å². The summed E-state index contributed by atoms with van der Waals surface area (Å²) in [5.74, 6) is -0.0712. The highest BCUT2D eigenvalue weighted by molar-refractivity contribution is 7.20. The molecule has 5 nitrogen and oxygen atoms in total. The smallest absolute Gasteiger partial charge is 0.261 e. The third-order valence-electron chi connectivity index (χ3n) is 3.64. The molecular formula is C17H19N3O2S. The molecule has 120 valence electrons. The Morgan fingerprint density at radius 1 is 1.30 bits per heavy atom. The summed E-state index contributed by atoms with van der Waals surface area (Å²) >= 11 is 1.46. The summed E-state index contributed by atoms with van der Waals surface area (Å²) < 4.78 is 6.86. The molecule has 0 unspecified atom stereocenters. The number of carbonyl (C=O) groups excluding carboxylic acids is 1. The number of hydrogen-bond acceptors (Lipinski definition) is 4. The van der Waals surface area contributed by atoms with Crippen LogP contribution in [0, 0.1) is 13.8 Å². The van der Waals surface area contributed by atoms with Crippen molar-refractivity contribution in [1.29, 1.82) is 0 Å². The van der Waals surface area contributed by atoms with E-state index in [0.29, 0.717) is 18.0 Å². The normalized spacial score (nSPS) is 11.1. The second-order valence-electron chi connectivity index (χ2n) is 5.41. The van der Waals surface area contributed by atoms with Gasteiger partial charge in [0.25, 0.3) is 5.91 Å². The van der Waals surface area contributed by atoms with Gasteiger partial charge in [0, 0.05) is 19.0 Å². The largest absolute Gasteiger partial charge is 0.383 e. The number of amides is 1. The van der Waals surface area contributed by atoms with Gasteiger partial charge in [-0.05, 0) is 32.0 Å². The van der Waals surface area contributed by atoms with E-state index in [4.69, 9.17) is 4.74 Å². The number of hydrogen-bond donors (Lipinski definition) is 1. The first-order chi connectivity index (χ1) is 11.1. The number of aromatic nitrogens is 2. The average Bonchev–Trinajstić information content (AvgIpc) is 3.10. The second-order valence-corrected chi connectivity index (χ2v) is 6.44. The number of ether oxygens (including phenoxy) is 1. The molecule has 0 aliphatic carbocycles. The molecule has 1 N–H and O–H groups in total. The Morgan fingerprint density at radius 3 is 2.74 bits per heavy atom. The fourth-order valence-corrected chi connectivity index (χ4v) is 3.47. The van der Waals surface area contributed by atoms with E-state index < -0.39 is 0 Å². The van der Waals surface area contributed by atoms with Gasteiger partial charge in [0.2, 0.25) is 0 Å². The van der Waals surface area contributed by atoms with Gasteiger partial charge in [0.05, 0.1) is 22.9 Å². The van der Waals surface area contributed by atoms with Crippen LogP contribution in [-0.4, -0.2) is 35.9 Å². The average molecular weight is 329 g/mol. The lowest BCUT2D eigenvalue weighted by molar-refractivity contribution is 0.0941. The molecule has 6 heteroatoms. The Morgan fingerprint density at radius 2 is 2.04 bits per heavy atom. The van der Waals surface area contributed by atoms with Crippen molar-refractivity contribution in [3.63, 3.8) is 0 Å². The summed E-state index contributed by atoms with van der Waals surface area (Å²) in [5.41, 5.74) is 3.13. The molecule has 0 bridgehead atoms. The number of carbonyl (C=O) groups is 1. The zero-order valence-electron chi connectivity index (χ0n) is 13.4. The van der Waals surface area contributed by atoms with Crippen molar-refractivity contribution in [3.05, 3.63) is 46.5 Å². The maximum absolute atomic E-state index is 12.2. The van der Waals surface area contributed by atoms with Crippen LogP contribution in [0.25, 0.3) is 15.9 Å². The van der Waals surface area contributed by atoms with Crippen molar-refractivity contribution >= 4 is 27.5 Å². The molecular weight excluding hydrogens is 310 g/mol. The quantitative estimate of drug-likeness (QED) is 0.732. The van der Waals surface area contributed by atoms with Gasteiger partial charge >= 0.3 is 0 Å². The number of fused-ring (bicyclic) bond motifs is 1. The van der Waals surface area contributed by atoms with E-state index in [9.17, 15) is 4.79 Å². The Hall–Kier alpha value is -2.18. The van der Waals surface area contributed by atoms with Gasteiger partial charge in [-0.15, -0.1) is 11.3 Å². The highest BCUT2D eigenvalue weighted by Gasteiger charge is 2.16. The lowest BCUT2D eigenvalue weighted by atomic mass is 10.2. The first-order valence-corrected chi connectivity index (χ1v) is 8.25. The first kappa shape index (κ1) is 15.7. The Bertz CT molecular complexity index is 834. The first-order valence-electron chi connectivity index (χ1n) is 7.43. The molecule has 3 aromatic rings. The van der Waals surface area contributed by atoms with Gasteiger partial charge in [0.1, 0.15) is 4.83 Å². The zero-order valence-corrected chi connectivity index (χ0v) is 14.2. The molecule has 0 saturated heterocycles. The molecule has 0 fully saturated rings. The molecule has 23 heavy (non-hydrogen) atoms. The molecule has 0 atom stereocenters. The summed E-state index contributed by atoms with van der Waals surface area (Å²) in [6, 6.07) is 10.1. The molecule has 2 heterocycles. The number of aryl methyl sites for hydroxylation is 2. The standard InChI is InChI=1S/C17H19N3O2S/c1-11-4-6-13(7-5-11)20-17-14(12(2)19-20)10-15(23-17)16(21)18-8-9-22-3/h4-7,10H,8-9H2,1-3H3,(H,18,21). The van der Waals surface area contributed by atoms with Gasteiger partial charge in [-0.2, -0.15) is 5.10 Å². The lowest BCUT2D eigenvalue weighted by Gasteiger charge is -2.03. The van der Waals surface area contributed by atoms with E-state index in [0.717, 1.165) is 21.6 Å². The Kier molecular flexibility index (Phi) is 4.45. The number of methoxy groups -OCH3 is 1. The minimum atomic E-state index is -0.0712. The predicted molar refractivity (Wildman–Crippen MR) is 92.6 cm³/mol. The van der Waals surface area contributed by atoms with Crippen molar-refractivity contribution in [2.45, 2.75) is 13.8 Å². The van der Waals surface area contributed by atoms with Crippen LogP contribution in [0.4, 0.5) is 0 Å². The van der Waals surface area contributed by atoms with Crippen molar-refractivity contribution in [2.75, 3.05) is 20.3 Å². The fourth-order valence-electron chi connectivity index (χ4n) is 2.37. The number of benzene rings is 1. The minimum absolute atomic E-state index is 0.0712. The third kappa shape index (κ3) is 3.13. The minimum Gasteiger partial charge on any atom is -0.383 e. The Balaban J connectivity index is 1.95. The van der Waals surface area contributed by atoms with Gasteiger partial charge in [-0.3, -0.25) is 4.79 Å². The molecule has 1 aromatic carbocycles. The summed E-state index contributed by atoms with van der Waals surface area (Å²) in [7, 11) is 1.62. The maximum Gasteiger partial charge on any atom is 0.261 e. The molecule has 0 saturated carbocycles. The summed E-state index contributed by atoms with van der Waals surface area (Å²) in [6.07, 6.45) is 0. The van der Waals surface area contributed by atoms with E-state index in [1.807, 2.05) is 29.8 Å². The third-order valence-corrected chi connectivity index (χ3v) is 4.75. The monoisotopic (exact) mass is 329 g/mol. The van der Waals surface area contributed by atoms with E-state index in [1.54, 1.807) is 7.11 Å². The highest BCUT2D eigenvalue weighted by atomic mass is 32.1. The molecule has 0 aliphatic heterocycles. The van der Waals surface area contributed by atoms with Crippen LogP contribution in [0.1, 0.15) is 20.9 Å². The van der Waals surface area contributed by atoms with Crippen LogP contribution in [0.2, 0.25) is 0 Å². The van der Waals surface area contributed by atoms with Crippen LogP contribution in [0.15, 0.2) is 30.3 Å². The van der Waals surface area contributed by atoms with Crippen molar-refractivity contribution < 1.29 is 9.53 Å². The van der Waals surface area contributed by atoms with Crippen LogP contribution >= 0.6 is 11.3 Å². The zero-order chi connectivity index (χ0) is 16.4. The summed E-state index contributed by atoms with van der Waals surface area (Å²) in [4.78, 5) is 13.9. The van der Waals surface area contributed by atoms with Gasteiger partial charge < -0.3 is 10.1 Å². The fraction of sp³-hybridized carbons (Fsp3) is 0.294. The van der Waals surface area contributed by atoms with Crippen LogP contribution < -0.4 is 5.32 Å². The van der Waals surface area contributed by atoms with Crippen molar-refractivity contribution in [2.24, 2.45) is 0 Å². The molecule has 0 radical (unpaired) electrons. The van der Waals surface area contributed by atoms with Gasteiger partial charge in [-0.25, -0.2) is 4.68 Å². The van der Waals surface area contributed by atoms with Gasteiger partial charge in [0.15, 0.2) is 0 Å². The van der Waals surface area contributed by atoms with E-state index in [1.165, 1.54) is 16.9 Å². The number of nitrogens with one attached hydrogen (secondary N) is 1. The van der Waals surface area contributed by atoms with Crippen molar-refractivity contribution in [3.8, 4) is 5.69 Å². The second kappa shape index (κ2) is 6.52. The predicted octanol–water partition coefficient (Wildman–Crippen LogP) is 3.08. The van der Waals surface area contributed by atoms with Crippen LogP contribution in [0.3, 0.4) is 0 Å². The molecule has 1 amide bonds. The van der Waals surface area contributed by atoms with Crippen molar-refractivity contribution in [1.82, 2.24) is 15.1 Å². The number of rotatable bonds is 5. The summed E-state index contributed by atoms with van der Waals surface area (Å²) in [5, 5.41) is 8.48. The molecule has 2 aromatic heterocycles. The van der Waals surface area contributed by atoms with E-state index in [-0.39, 0.29) is 5.91 Å². The Labute approximate surface area is 138 Å². The topological polar surface area (TPSA) is 56.1 Å². The van der Waals surface area contributed by atoms with Crippen LogP contribution in [-0.2, 0) is 4.74 Å². The van der Waals surface area contributed by atoms with E-state index >= 15 is 0 Å². The number of nitrogens with zero attached hydrogens (tertiary/aromatic N) is 2.